The molecule has 5 N–H and O–H groups in total. The van der Waals surface area contributed by atoms with Gasteiger partial charge >= 0.3 is 0 Å². The molecule has 174 valence electrons. The maximum Gasteiger partial charge on any atom is 0.265 e. The number of carbonyl (C=O) groups is 2. The van der Waals surface area contributed by atoms with Gasteiger partial charge in [0.05, 0.1) is 19.8 Å². The lowest BCUT2D eigenvalue weighted by Crippen LogP contribution is -2.50. The van der Waals surface area contributed by atoms with Crippen molar-refractivity contribution in [2.24, 2.45) is 5.73 Å². The molecule has 2 rings (SSSR count). The van der Waals surface area contributed by atoms with Gasteiger partial charge in [-0.3, -0.25) is 14.4 Å². The lowest BCUT2D eigenvalue weighted by Gasteiger charge is -2.19. The summed E-state index contributed by atoms with van der Waals surface area (Å²) in [4.78, 5) is 29.8. The summed E-state index contributed by atoms with van der Waals surface area (Å²) < 4.78 is 5.13. The van der Waals surface area contributed by atoms with Crippen molar-refractivity contribution in [1.82, 2.24) is 10.8 Å². The Morgan fingerprint density at radius 1 is 1.09 bits per heavy atom. The Kier molecular flexibility index (Phi) is 9.49. The molecule has 0 aromatic heterocycles. The SMILES string of the molecule is COc1ccc(CCCONC(=O)[C@@H](C)NC(=O)[C@@H](N)Cc2c(C)cc(O)cc2C)cc1. The van der Waals surface area contributed by atoms with E-state index in [4.69, 9.17) is 15.3 Å². The normalized spacial score (nSPS) is 12.7. The van der Waals surface area contributed by atoms with E-state index in [0.29, 0.717) is 13.0 Å². The number of nitrogens with two attached hydrogens (primary N) is 1. The van der Waals surface area contributed by atoms with Gasteiger partial charge in [-0.05, 0) is 86.6 Å². The van der Waals surface area contributed by atoms with Crippen LogP contribution in [-0.2, 0) is 27.3 Å². The Labute approximate surface area is 189 Å². The molecular weight excluding hydrogens is 410 g/mol. The van der Waals surface area contributed by atoms with E-state index in [1.807, 2.05) is 38.1 Å². The smallest absolute Gasteiger partial charge is 0.265 e. The lowest BCUT2D eigenvalue weighted by atomic mass is 9.96. The van der Waals surface area contributed by atoms with Crippen molar-refractivity contribution in [3.05, 3.63) is 58.7 Å². The Bertz CT molecular complexity index is 891. The van der Waals surface area contributed by atoms with Crippen LogP contribution in [0.1, 0.15) is 35.6 Å². The Hall–Kier alpha value is -3.10. The fourth-order valence-electron chi connectivity index (χ4n) is 3.34. The predicted octanol–water partition coefficient (Wildman–Crippen LogP) is 2.07. The number of aryl methyl sites for hydroxylation is 3. The zero-order valence-corrected chi connectivity index (χ0v) is 19.1. The maximum atomic E-state index is 12.4. The molecule has 32 heavy (non-hydrogen) atoms. The molecule has 0 aliphatic rings. The van der Waals surface area contributed by atoms with Gasteiger partial charge in [-0.2, -0.15) is 0 Å². The number of amides is 2. The van der Waals surface area contributed by atoms with Gasteiger partial charge in [0.15, 0.2) is 0 Å². The van der Waals surface area contributed by atoms with E-state index in [-0.39, 0.29) is 5.75 Å². The first kappa shape index (κ1) is 25.2. The molecule has 8 heteroatoms. The number of methoxy groups -OCH3 is 1. The third-order valence-corrected chi connectivity index (χ3v) is 5.24. The first-order valence-corrected chi connectivity index (χ1v) is 10.6. The predicted molar refractivity (Wildman–Crippen MR) is 122 cm³/mol. The summed E-state index contributed by atoms with van der Waals surface area (Å²) in [6.07, 6.45) is 1.83. The van der Waals surface area contributed by atoms with E-state index in [1.165, 1.54) is 0 Å². The van der Waals surface area contributed by atoms with Crippen molar-refractivity contribution < 1.29 is 24.3 Å². The zero-order valence-electron chi connectivity index (χ0n) is 19.1. The Balaban J connectivity index is 1.71. The standard InChI is InChI=1S/C24H33N3O5/c1-15-12-19(28)13-16(2)21(15)14-22(25)24(30)26-17(3)23(29)27-32-11-5-6-18-7-9-20(31-4)10-8-18/h7-10,12-13,17,22,28H,5-6,11,14,25H2,1-4H3,(H,26,30)(H,27,29)/t17-,22+/m1/s1. The van der Waals surface area contributed by atoms with E-state index >= 15 is 0 Å². The van der Waals surface area contributed by atoms with Crippen LogP contribution in [0.2, 0.25) is 0 Å². The molecule has 0 fully saturated rings. The van der Waals surface area contributed by atoms with Crippen LogP contribution in [0.5, 0.6) is 11.5 Å². The summed E-state index contributed by atoms with van der Waals surface area (Å²) in [7, 11) is 1.63. The number of carbonyl (C=O) groups excluding carboxylic acids is 2. The second kappa shape index (κ2) is 12.1. The van der Waals surface area contributed by atoms with Gasteiger partial charge in [0, 0.05) is 0 Å². The molecule has 0 aliphatic heterocycles. The topological polar surface area (TPSA) is 123 Å². The first-order valence-electron chi connectivity index (χ1n) is 10.6. The summed E-state index contributed by atoms with van der Waals surface area (Å²) >= 11 is 0. The number of ether oxygens (including phenoxy) is 1. The summed E-state index contributed by atoms with van der Waals surface area (Å²) in [5, 5.41) is 12.3. The van der Waals surface area contributed by atoms with Crippen molar-refractivity contribution >= 4 is 11.8 Å². The fourth-order valence-corrected chi connectivity index (χ4v) is 3.34. The van der Waals surface area contributed by atoms with Crippen LogP contribution in [0.3, 0.4) is 0 Å². The second-order valence-electron chi connectivity index (χ2n) is 7.87. The number of nitrogens with one attached hydrogen (secondary N) is 2. The van der Waals surface area contributed by atoms with Gasteiger partial charge < -0.3 is 20.9 Å². The second-order valence-corrected chi connectivity index (χ2v) is 7.87. The fraction of sp³-hybridized carbons (Fsp3) is 0.417. The van der Waals surface area contributed by atoms with Crippen LogP contribution in [0, 0.1) is 13.8 Å². The lowest BCUT2D eigenvalue weighted by molar-refractivity contribution is -0.138. The van der Waals surface area contributed by atoms with E-state index in [0.717, 1.165) is 40.8 Å². The van der Waals surface area contributed by atoms with Crippen molar-refractivity contribution in [3.63, 3.8) is 0 Å². The van der Waals surface area contributed by atoms with E-state index < -0.39 is 23.9 Å². The molecular formula is C24H33N3O5. The zero-order chi connectivity index (χ0) is 23.7. The highest BCUT2D eigenvalue weighted by Gasteiger charge is 2.21. The van der Waals surface area contributed by atoms with Crippen molar-refractivity contribution in [2.45, 2.75) is 52.1 Å². The summed E-state index contributed by atoms with van der Waals surface area (Å²) in [6.45, 7) is 5.62. The number of hydroxylamine groups is 1. The number of phenols is 1. The van der Waals surface area contributed by atoms with Crippen molar-refractivity contribution in [2.75, 3.05) is 13.7 Å². The third kappa shape index (κ3) is 7.55. The van der Waals surface area contributed by atoms with Crippen LogP contribution < -0.4 is 21.3 Å². The van der Waals surface area contributed by atoms with Crippen LogP contribution in [0.15, 0.2) is 36.4 Å². The van der Waals surface area contributed by atoms with Gasteiger partial charge in [0.1, 0.15) is 17.5 Å². The van der Waals surface area contributed by atoms with E-state index in [9.17, 15) is 14.7 Å². The summed E-state index contributed by atoms with van der Waals surface area (Å²) in [5.74, 6) is 0.100. The largest absolute Gasteiger partial charge is 0.508 e. The van der Waals surface area contributed by atoms with Crippen molar-refractivity contribution in [1.29, 1.82) is 0 Å². The molecule has 0 unspecified atom stereocenters. The van der Waals surface area contributed by atoms with Crippen LogP contribution >= 0.6 is 0 Å². The molecule has 0 aliphatic carbocycles. The first-order chi connectivity index (χ1) is 15.2. The molecule has 8 nitrogen and oxygen atoms in total. The highest BCUT2D eigenvalue weighted by molar-refractivity contribution is 5.89. The third-order valence-electron chi connectivity index (χ3n) is 5.24. The van der Waals surface area contributed by atoms with Gasteiger partial charge in [-0.1, -0.05) is 12.1 Å². The average Bonchev–Trinajstić information content (AvgIpc) is 2.75. The molecule has 0 heterocycles. The number of rotatable bonds is 11. The van der Waals surface area contributed by atoms with Crippen molar-refractivity contribution in [3.8, 4) is 11.5 Å². The number of benzene rings is 2. The molecule has 0 saturated carbocycles. The van der Waals surface area contributed by atoms with Crippen LogP contribution in [0.25, 0.3) is 0 Å². The minimum atomic E-state index is -0.822. The monoisotopic (exact) mass is 443 g/mol. The van der Waals surface area contributed by atoms with Gasteiger partial charge in [0.25, 0.3) is 5.91 Å². The molecule has 0 radical (unpaired) electrons. The molecule has 2 amide bonds. The average molecular weight is 444 g/mol. The number of phenolic OH excluding ortho intramolecular Hbond substituents is 1. The minimum absolute atomic E-state index is 0.177. The molecule has 2 aromatic rings. The maximum absolute atomic E-state index is 12.4. The van der Waals surface area contributed by atoms with E-state index in [2.05, 4.69) is 10.8 Å². The minimum Gasteiger partial charge on any atom is -0.508 e. The molecule has 2 aromatic carbocycles. The Morgan fingerprint density at radius 2 is 1.72 bits per heavy atom. The Morgan fingerprint density at radius 3 is 2.31 bits per heavy atom. The van der Waals surface area contributed by atoms with E-state index in [1.54, 1.807) is 26.2 Å². The highest BCUT2D eigenvalue weighted by Crippen LogP contribution is 2.21. The number of aromatic hydroxyl groups is 1. The number of hydrogen-bond donors (Lipinski definition) is 4. The molecule has 2 atom stereocenters. The van der Waals surface area contributed by atoms with Gasteiger partial charge in [-0.25, -0.2) is 5.48 Å². The molecule has 0 saturated heterocycles. The number of hydrogen-bond acceptors (Lipinski definition) is 6. The quantitative estimate of drug-likeness (QED) is 0.311. The highest BCUT2D eigenvalue weighted by atomic mass is 16.6. The molecule has 0 bridgehead atoms. The molecule has 0 spiro atoms. The van der Waals surface area contributed by atoms with Crippen LogP contribution in [-0.4, -0.2) is 42.7 Å². The van der Waals surface area contributed by atoms with Gasteiger partial charge in [0.2, 0.25) is 5.91 Å². The van der Waals surface area contributed by atoms with Gasteiger partial charge in [-0.15, -0.1) is 0 Å². The summed E-state index contributed by atoms with van der Waals surface area (Å²) in [5.41, 5.74) is 12.2. The van der Waals surface area contributed by atoms with Crippen LogP contribution in [0.4, 0.5) is 0 Å². The summed E-state index contributed by atoms with van der Waals surface area (Å²) in [6, 6.07) is 9.42.